The molecule has 0 saturated carbocycles. The fourth-order valence-corrected chi connectivity index (χ4v) is 3.74. The first kappa shape index (κ1) is 21.0. The van der Waals surface area contributed by atoms with Gasteiger partial charge in [-0.25, -0.2) is 0 Å². The molecule has 0 bridgehead atoms. The van der Waals surface area contributed by atoms with Crippen LogP contribution in [0.5, 0.6) is 0 Å². The summed E-state index contributed by atoms with van der Waals surface area (Å²) in [5.41, 5.74) is 2.30. The highest BCUT2D eigenvalue weighted by Crippen LogP contribution is 2.24. The highest BCUT2D eigenvalue weighted by atomic mass is 16.2. The Kier molecular flexibility index (Phi) is 8.19. The molecule has 29 heavy (non-hydrogen) atoms. The maximum Gasteiger partial charge on any atom is 0.234 e. The van der Waals surface area contributed by atoms with Gasteiger partial charge in [0, 0.05) is 45.0 Å². The van der Waals surface area contributed by atoms with Gasteiger partial charge in [-0.15, -0.1) is 0 Å². The van der Waals surface area contributed by atoms with Crippen molar-refractivity contribution in [3.05, 3.63) is 66.0 Å². The van der Waals surface area contributed by atoms with Crippen molar-refractivity contribution in [1.29, 1.82) is 0 Å². The van der Waals surface area contributed by atoms with Crippen LogP contribution in [0.1, 0.15) is 42.7 Å². The molecule has 1 aliphatic rings. The highest BCUT2D eigenvalue weighted by molar-refractivity contribution is 5.78. The molecule has 2 N–H and O–H groups in total. The molecule has 2 aromatic rings. The van der Waals surface area contributed by atoms with Crippen LogP contribution in [0.2, 0.25) is 0 Å². The molecule has 1 unspecified atom stereocenters. The topological polar surface area (TPSA) is 74.3 Å². The molecule has 6 nitrogen and oxygen atoms in total. The number of benzene rings is 1. The number of pyridine rings is 1. The lowest BCUT2D eigenvalue weighted by Crippen LogP contribution is -2.39. The first-order chi connectivity index (χ1) is 14.2. The summed E-state index contributed by atoms with van der Waals surface area (Å²) in [7, 11) is 0. The molecule has 1 fully saturated rings. The second kappa shape index (κ2) is 11.3. The summed E-state index contributed by atoms with van der Waals surface area (Å²) in [6.45, 7) is 3.00. The largest absolute Gasteiger partial charge is 0.356 e. The number of amides is 2. The molecular formula is C23H30N4O2. The van der Waals surface area contributed by atoms with E-state index >= 15 is 0 Å². The maximum atomic E-state index is 12.5. The average Bonchev–Trinajstić information content (AvgIpc) is 2.74. The SMILES string of the molecule is O=C1CCC(c2ccccc2)CCNC(=O)CN(Cc2cccnc2)CCCN1. The molecule has 0 radical (unpaired) electrons. The molecule has 154 valence electrons. The quantitative estimate of drug-likeness (QED) is 0.839. The average molecular weight is 395 g/mol. The van der Waals surface area contributed by atoms with Gasteiger partial charge in [0.2, 0.25) is 11.8 Å². The number of hydrogen-bond acceptors (Lipinski definition) is 4. The molecular weight excluding hydrogens is 364 g/mol. The number of carbonyl (C=O) groups is 2. The lowest BCUT2D eigenvalue weighted by atomic mass is 9.91. The van der Waals surface area contributed by atoms with Crippen LogP contribution >= 0.6 is 0 Å². The summed E-state index contributed by atoms with van der Waals surface area (Å²) < 4.78 is 0. The second-order valence-electron chi connectivity index (χ2n) is 7.56. The minimum Gasteiger partial charge on any atom is -0.356 e. The van der Waals surface area contributed by atoms with E-state index in [-0.39, 0.29) is 17.7 Å². The van der Waals surface area contributed by atoms with E-state index in [1.165, 1.54) is 5.56 Å². The van der Waals surface area contributed by atoms with E-state index in [0.717, 1.165) is 31.4 Å². The van der Waals surface area contributed by atoms with Gasteiger partial charge >= 0.3 is 0 Å². The van der Waals surface area contributed by atoms with Crippen LogP contribution in [-0.2, 0) is 16.1 Å². The molecule has 0 aliphatic carbocycles. The van der Waals surface area contributed by atoms with Gasteiger partial charge in [-0.1, -0.05) is 36.4 Å². The van der Waals surface area contributed by atoms with Crippen LogP contribution in [0.4, 0.5) is 0 Å². The van der Waals surface area contributed by atoms with Gasteiger partial charge in [-0.05, 0) is 42.4 Å². The van der Waals surface area contributed by atoms with Gasteiger partial charge in [0.25, 0.3) is 0 Å². The molecule has 1 atom stereocenters. The van der Waals surface area contributed by atoms with E-state index in [2.05, 4.69) is 32.7 Å². The summed E-state index contributed by atoms with van der Waals surface area (Å²) in [5.74, 6) is 0.407. The van der Waals surface area contributed by atoms with Crippen LogP contribution in [0.15, 0.2) is 54.9 Å². The van der Waals surface area contributed by atoms with E-state index < -0.39 is 0 Å². The molecule has 0 spiro atoms. The van der Waals surface area contributed by atoms with Crippen LogP contribution in [0.3, 0.4) is 0 Å². The third-order valence-electron chi connectivity index (χ3n) is 5.28. The van der Waals surface area contributed by atoms with E-state index in [1.807, 2.05) is 36.5 Å². The van der Waals surface area contributed by atoms with Gasteiger partial charge in [0.15, 0.2) is 0 Å². The number of nitrogens with one attached hydrogen (secondary N) is 2. The second-order valence-corrected chi connectivity index (χ2v) is 7.56. The van der Waals surface area contributed by atoms with Crippen molar-refractivity contribution in [2.24, 2.45) is 0 Å². The standard InChI is InChI=1S/C23H30N4O2/c28-22-10-9-21(20-7-2-1-3-8-20)11-14-26-23(29)18-27(15-5-13-25-22)17-19-6-4-12-24-16-19/h1-4,6-8,12,16,21H,5,9-11,13-15,17-18H2,(H,25,28)(H,26,29). The third-order valence-corrected chi connectivity index (χ3v) is 5.28. The van der Waals surface area contributed by atoms with Crippen LogP contribution in [-0.4, -0.2) is 47.9 Å². The Morgan fingerprint density at radius 1 is 0.966 bits per heavy atom. The third kappa shape index (κ3) is 7.31. The summed E-state index contributed by atoms with van der Waals surface area (Å²) in [5, 5.41) is 6.09. The Balaban J connectivity index is 1.63. The first-order valence-electron chi connectivity index (χ1n) is 10.4. The number of nitrogens with zero attached hydrogens (tertiary/aromatic N) is 2. The van der Waals surface area contributed by atoms with Gasteiger partial charge in [0.1, 0.15) is 0 Å². The monoisotopic (exact) mass is 394 g/mol. The summed E-state index contributed by atoms with van der Waals surface area (Å²) >= 11 is 0. The zero-order chi connectivity index (χ0) is 20.3. The molecule has 3 rings (SSSR count). The van der Waals surface area contributed by atoms with Crippen molar-refractivity contribution in [1.82, 2.24) is 20.5 Å². The zero-order valence-corrected chi connectivity index (χ0v) is 16.8. The number of hydrogen-bond donors (Lipinski definition) is 2. The molecule has 1 aromatic carbocycles. The number of carbonyl (C=O) groups excluding carboxylic acids is 2. The molecule has 1 aromatic heterocycles. The summed E-state index contributed by atoms with van der Waals surface area (Å²) in [6, 6.07) is 14.2. The Labute approximate surface area is 172 Å². The minimum absolute atomic E-state index is 0.0433. The first-order valence-corrected chi connectivity index (χ1v) is 10.4. The molecule has 2 heterocycles. The van der Waals surface area contributed by atoms with Crippen molar-refractivity contribution in [2.45, 2.75) is 38.1 Å². The van der Waals surface area contributed by atoms with Gasteiger partial charge in [0.05, 0.1) is 6.54 Å². The zero-order valence-electron chi connectivity index (χ0n) is 16.8. The van der Waals surface area contributed by atoms with E-state index in [4.69, 9.17) is 0 Å². The Hall–Kier alpha value is -2.73. The van der Waals surface area contributed by atoms with E-state index in [1.54, 1.807) is 6.20 Å². The molecule has 6 heteroatoms. The van der Waals surface area contributed by atoms with Crippen molar-refractivity contribution in [3.8, 4) is 0 Å². The Morgan fingerprint density at radius 2 is 1.79 bits per heavy atom. The highest BCUT2D eigenvalue weighted by Gasteiger charge is 2.16. The smallest absolute Gasteiger partial charge is 0.234 e. The molecule has 1 saturated heterocycles. The fraction of sp³-hybridized carbons (Fsp3) is 0.435. The van der Waals surface area contributed by atoms with Crippen LogP contribution < -0.4 is 10.6 Å². The Morgan fingerprint density at radius 3 is 2.59 bits per heavy atom. The normalized spacial score (nSPS) is 20.3. The van der Waals surface area contributed by atoms with Crippen molar-refractivity contribution in [3.63, 3.8) is 0 Å². The molecule has 1 aliphatic heterocycles. The van der Waals surface area contributed by atoms with Crippen LogP contribution in [0, 0.1) is 0 Å². The summed E-state index contributed by atoms with van der Waals surface area (Å²) in [4.78, 5) is 31.0. The van der Waals surface area contributed by atoms with Crippen molar-refractivity contribution >= 4 is 11.8 Å². The number of aromatic nitrogens is 1. The maximum absolute atomic E-state index is 12.5. The predicted octanol–water partition coefficient (Wildman–Crippen LogP) is 2.47. The van der Waals surface area contributed by atoms with Crippen molar-refractivity contribution in [2.75, 3.05) is 26.2 Å². The van der Waals surface area contributed by atoms with Gasteiger partial charge < -0.3 is 10.6 Å². The van der Waals surface area contributed by atoms with Crippen LogP contribution in [0.25, 0.3) is 0 Å². The van der Waals surface area contributed by atoms with Crippen molar-refractivity contribution < 1.29 is 9.59 Å². The summed E-state index contributed by atoms with van der Waals surface area (Å²) in [6.07, 6.45) is 6.51. The van der Waals surface area contributed by atoms with Gasteiger partial charge in [-0.3, -0.25) is 19.5 Å². The van der Waals surface area contributed by atoms with Gasteiger partial charge in [-0.2, -0.15) is 0 Å². The van der Waals surface area contributed by atoms with E-state index in [9.17, 15) is 9.59 Å². The lowest BCUT2D eigenvalue weighted by molar-refractivity contribution is -0.123. The Bertz CT molecular complexity index is 767. The fourth-order valence-electron chi connectivity index (χ4n) is 3.74. The minimum atomic E-state index is 0.0433. The van der Waals surface area contributed by atoms with E-state index in [0.29, 0.717) is 32.6 Å². The number of rotatable bonds is 3. The predicted molar refractivity (Wildman–Crippen MR) is 113 cm³/mol. The molecule has 2 amide bonds. The lowest BCUT2D eigenvalue weighted by Gasteiger charge is -2.23.